The molecule has 1 atom stereocenters. The van der Waals surface area contributed by atoms with E-state index in [0.29, 0.717) is 31.3 Å². The van der Waals surface area contributed by atoms with Crippen molar-refractivity contribution in [3.05, 3.63) is 60.0 Å². The predicted molar refractivity (Wildman–Crippen MR) is 102 cm³/mol. The lowest BCUT2D eigenvalue weighted by Gasteiger charge is -2.16. The molecular formula is C21H21N3O3. The molecule has 1 aromatic heterocycles. The van der Waals surface area contributed by atoms with Gasteiger partial charge in [-0.2, -0.15) is 4.98 Å². The van der Waals surface area contributed by atoms with Crippen molar-refractivity contribution < 1.29 is 14.1 Å². The van der Waals surface area contributed by atoms with Crippen LogP contribution in [0.1, 0.15) is 30.7 Å². The summed E-state index contributed by atoms with van der Waals surface area (Å²) in [6.07, 6.45) is 0.364. The van der Waals surface area contributed by atoms with Crippen molar-refractivity contribution in [1.29, 1.82) is 0 Å². The van der Waals surface area contributed by atoms with Crippen LogP contribution in [0.2, 0.25) is 0 Å². The van der Waals surface area contributed by atoms with Gasteiger partial charge in [0.2, 0.25) is 17.6 Å². The Morgan fingerprint density at radius 3 is 2.59 bits per heavy atom. The molecule has 6 heteroatoms. The quantitative estimate of drug-likeness (QED) is 0.686. The Labute approximate surface area is 157 Å². The summed E-state index contributed by atoms with van der Waals surface area (Å²) in [7, 11) is 0. The van der Waals surface area contributed by atoms with Crippen molar-refractivity contribution in [2.45, 2.75) is 26.2 Å². The third-order valence-electron chi connectivity index (χ3n) is 4.69. The summed E-state index contributed by atoms with van der Waals surface area (Å²) in [6, 6.07) is 15.5. The standard InChI is InChI=1S/C21H21N3O3/c1-3-26-18-10-8-17(9-11-18)24-13-16(12-19(24)25)21-22-20(23-27-21)15-6-4-14(2)5-7-15/h4-11,16H,3,12-13H2,1-2H3/t16-/m1/s1. The van der Waals surface area contributed by atoms with E-state index >= 15 is 0 Å². The Morgan fingerprint density at radius 1 is 1.15 bits per heavy atom. The molecule has 4 rings (SSSR count). The molecule has 27 heavy (non-hydrogen) atoms. The molecule has 1 aliphatic rings. The summed E-state index contributed by atoms with van der Waals surface area (Å²) in [6.45, 7) is 5.12. The molecule has 0 bridgehead atoms. The predicted octanol–water partition coefficient (Wildman–Crippen LogP) is 3.96. The normalized spacial score (nSPS) is 16.7. The molecule has 1 fully saturated rings. The Kier molecular flexibility index (Phi) is 4.62. The van der Waals surface area contributed by atoms with E-state index in [1.807, 2.05) is 62.4 Å². The molecule has 0 unspecified atom stereocenters. The lowest BCUT2D eigenvalue weighted by atomic mass is 10.1. The first-order chi connectivity index (χ1) is 13.1. The molecule has 0 N–H and O–H groups in total. The van der Waals surface area contributed by atoms with Crippen LogP contribution in [0.15, 0.2) is 53.1 Å². The number of hydrogen-bond donors (Lipinski definition) is 0. The molecule has 1 aliphatic heterocycles. The monoisotopic (exact) mass is 363 g/mol. The number of amides is 1. The van der Waals surface area contributed by atoms with Gasteiger partial charge in [-0.15, -0.1) is 0 Å². The highest BCUT2D eigenvalue weighted by Crippen LogP contribution is 2.32. The minimum Gasteiger partial charge on any atom is -0.494 e. The molecule has 0 saturated carbocycles. The number of carbonyl (C=O) groups excluding carboxylic acids is 1. The van der Waals surface area contributed by atoms with Crippen molar-refractivity contribution >= 4 is 11.6 Å². The van der Waals surface area contributed by atoms with Gasteiger partial charge in [0, 0.05) is 24.2 Å². The number of anilines is 1. The maximum Gasteiger partial charge on any atom is 0.232 e. The highest BCUT2D eigenvalue weighted by Gasteiger charge is 2.35. The third kappa shape index (κ3) is 3.56. The van der Waals surface area contributed by atoms with E-state index in [4.69, 9.17) is 9.26 Å². The Morgan fingerprint density at radius 2 is 1.89 bits per heavy atom. The van der Waals surface area contributed by atoms with Gasteiger partial charge >= 0.3 is 0 Å². The zero-order valence-corrected chi connectivity index (χ0v) is 15.4. The van der Waals surface area contributed by atoms with E-state index in [1.165, 1.54) is 5.56 Å². The number of benzene rings is 2. The summed E-state index contributed by atoms with van der Waals surface area (Å²) in [5.74, 6) is 1.81. The smallest absolute Gasteiger partial charge is 0.232 e. The summed E-state index contributed by atoms with van der Waals surface area (Å²) in [5, 5.41) is 4.08. The second kappa shape index (κ2) is 7.23. The Hall–Kier alpha value is -3.15. The van der Waals surface area contributed by atoms with Crippen LogP contribution in [0.5, 0.6) is 5.75 Å². The second-order valence-corrected chi connectivity index (χ2v) is 6.65. The van der Waals surface area contributed by atoms with Crippen LogP contribution < -0.4 is 9.64 Å². The Bertz CT molecular complexity index is 932. The molecule has 1 amide bonds. The van der Waals surface area contributed by atoms with Gasteiger partial charge in [0.25, 0.3) is 0 Å². The fourth-order valence-electron chi connectivity index (χ4n) is 3.23. The van der Waals surface area contributed by atoms with Crippen LogP contribution in [-0.2, 0) is 4.79 Å². The van der Waals surface area contributed by atoms with Crippen molar-refractivity contribution in [1.82, 2.24) is 10.1 Å². The van der Waals surface area contributed by atoms with E-state index < -0.39 is 0 Å². The zero-order valence-electron chi connectivity index (χ0n) is 15.4. The number of carbonyl (C=O) groups is 1. The first-order valence-corrected chi connectivity index (χ1v) is 9.08. The molecule has 0 spiro atoms. The maximum absolute atomic E-state index is 12.5. The molecule has 3 aromatic rings. The van der Waals surface area contributed by atoms with Gasteiger partial charge in [-0.25, -0.2) is 0 Å². The van der Waals surface area contributed by atoms with Crippen molar-refractivity contribution in [2.24, 2.45) is 0 Å². The van der Waals surface area contributed by atoms with Gasteiger partial charge in [0.05, 0.1) is 12.5 Å². The van der Waals surface area contributed by atoms with E-state index in [1.54, 1.807) is 4.90 Å². The number of hydrogen-bond acceptors (Lipinski definition) is 5. The topological polar surface area (TPSA) is 68.5 Å². The summed E-state index contributed by atoms with van der Waals surface area (Å²) in [5.41, 5.74) is 2.93. The van der Waals surface area contributed by atoms with E-state index in [-0.39, 0.29) is 11.8 Å². The first-order valence-electron chi connectivity index (χ1n) is 9.08. The SMILES string of the molecule is CCOc1ccc(N2C[C@H](c3nc(-c4ccc(C)cc4)no3)CC2=O)cc1. The van der Waals surface area contributed by atoms with Crippen LogP contribution in [0.3, 0.4) is 0 Å². The van der Waals surface area contributed by atoms with E-state index in [2.05, 4.69) is 10.1 Å². The lowest BCUT2D eigenvalue weighted by Crippen LogP contribution is -2.24. The zero-order chi connectivity index (χ0) is 18.8. The van der Waals surface area contributed by atoms with Crippen LogP contribution in [-0.4, -0.2) is 29.2 Å². The summed E-state index contributed by atoms with van der Waals surface area (Å²) in [4.78, 5) is 18.8. The van der Waals surface area contributed by atoms with Gasteiger partial charge in [0.15, 0.2) is 0 Å². The number of nitrogens with zero attached hydrogens (tertiary/aromatic N) is 3. The molecule has 2 heterocycles. The average molecular weight is 363 g/mol. The fourth-order valence-corrected chi connectivity index (χ4v) is 3.23. The lowest BCUT2D eigenvalue weighted by molar-refractivity contribution is -0.117. The fraction of sp³-hybridized carbons (Fsp3) is 0.286. The van der Waals surface area contributed by atoms with Crippen molar-refractivity contribution in [3.8, 4) is 17.1 Å². The van der Waals surface area contributed by atoms with Gasteiger partial charge in [0.1, 0.15) is 5.75 Å². The van der Waals surface area contributed by atoms with Crippen molar-refractivity contribution in [2.75, 3.05) is 18.1 Å². The van der Waals surface area contributed by atoms with Gasteiger partial charge in [-0.05, 0) is 38.1 Å². The van der Waals surface area contributed by atoms with Crippen molar-refractivity contribution in [3.63, 3.8) is 0 Å². The number of rotatable bonds is 5. The summed E-state index contributed by atoms with van der Waals surface area (Å²) < 4.78 is 10.9. The second-order valence-electron chi connectivity index (χ2n) is 6.65. The molecule has 0 aliphatic carbocycles. The summed E-state index contributed by atoms with van der Waals surface area (Å²) >= 11 is 0. The average Bonchev–Trinajstić information content (AvgIpc) is 3.30. The third-order valence-corrected chi connectivity index (χ3v) is 4.69. The molecule has 0 radical (unpaired) electrons. The molecule has 2 aromatic carbocycles. The maximum atomic E-state index is 12.5. The highest BCUT2D eigenvalue weighted by atomic mass is 16.5. The van der Waals surface area contributed by atoms with Gasteiger partial charge in [-0.3, -0.25) is 4.79 Å². The van der Waals surface area contributed by atoms with E-state index in [0.717, 1.165) is 17.0 Å². The van der Waals surface area contributed by atoms with E-state index in [9.17, 15) is 4.79 Å². The van der Waals surface area contributed by atoms with Gasteiger partial charge < -0.3 is 14.2 Å². The number of aromatic nitrogens is 2. The minimum absolute atomic E-state index is 0.0549. The molecule has 138 valence electrons. The first kappa shape index (κ1) is 17.3. The molecular weight excluding hydrogens is 342 g/mol. The number of aryl methyl sites for hydroxylation is 1. The van der Waals surface area contributed by atoms with Gasteiger partial charge in [-0.1, -0.05) is 35.0 Å². The largest absolute Gasteiger partial charge is 0.494 e. The van der Waals surface area contributed by atoms with Crippen LogP contribution in [0, 0.1) is 6.92 Å². The Balaban J connectivity index is 1.50. The van der Waals surface area contributed by atoms with Crippen LogP contribution in [0.25, 0.3) is 11.4 Å². The molecule has 1 saturated heterocycles. The highest BCUT2D eigenvalue weighted by molar-refractivity contribution is 5.96. The minimum atomic E-state index is -0.101. The molecule has 6 nitrogen and oxygen atoms in total. The van der Waals surface area contributed by atoms with Crippen LogP contribution >= 0.6 is 0 Å². The van der Waals surface area contributed by atoms with Crippen LogP contribution in [0.4, 0.5) is 5.69 Å². The number of ether oxygens (including phenoxy) is 1.